The highest BCUT2D eigenvalue weighted by molar-refractivity contribution is 7.99. The molecule has 1 aliphatic carbocycles. The minimum atomic E-state index is -0.678. The van der Waals surface area contributed by atoms with E-state index in [4.69, 9.17) is 30.8 Å². The van der Waals surface area contributed by atoms with E-state index in [1.165, 1.54) is 0 Å². The van der Waals surface area contributed by atoms with Crippen molar-refractivity contribution >= 4 is 29.1 Å². The van der Waals surface area contributed by atoms with Crippen LogP contribution in [0.5, 0.6) is 0 Å². The van der Waals surface area contributed by atoms with Crippen LogP contribution in [0.25, 0.3) is 0 Å². The Bertz CT molecular complexity index is 796. The molecule has 1 saturated carbocycles. The smallest absolute Gasteiger partial charge is 0.189 e. The summed E-state index contributed by atoms with van der Waals surface area (Å²) in [6.45, 7) is 6.83. The fraction of sp³-hybridized carbons (Fsp3) is 0.800. The second-order valence-electron chi connectivity index (χ2n) is 8.34. The summed E-state index contributed by atoms with van der Waals surface area (Å²) in [4.78, 5) is 9.30. The molecular formula is C20H29ClN4O4S. The summed E-state index contributed by atoms with van der Waals surface area (Å²) >= 11 is 8.10. The van der Waals surface area contributed by atoms with Crippen molar-refractivity contribution in [2.24, 2.45) is 16.1 Å². The van der Waals surface area contributed by atoms with Crippen LogP contribution >= 0.6 is 23.4 Å². The molecule has 3 heterocycles. The third-order valence-corrected chi connectivity index (χ3v) is 7.06. The van der Waals surface area contributed by atoms with Crippen molar-refractivity contribution in [1.82, 2.24) is 9.97 Å². The van der Waals surface area contributed by atoms with Crippen LogP contribution in [0.2, 0.25) is 5.15 Å². The second kappa shape index (κ2) is 9.34. The lowest BCUT2D eigenvalue weighted by molar-refractivity contribution is -0.172. The molecule has 5 atom stereocenters. The number of thioether (sulfide) groups is 1. The lowest BCUT2D eigenvalue weighted by Gasteiger charge is -2.28. The van der Waals surface area contributed by atoms with Gasteiger partial charge in [0.2, 0.25) is 0 Å². The third-order valence-electron chi connectivity index (χ3n) is 5.74. The quantitative estimate of drug-likeness (QED) is 0.374. The second-order valence-corrected chi connectivity index (χ2v) is 9.76. The van der Waals surface area contributed by atoms with Crippen molar-refractivity contribution in [1.29, 1.82) is 0 Å². The summed E-state index contributed by atoms with van der Waals surface area (Å²) in [6, 6.07) is 0. The zero-order valence-corrected chi connectivity index (χ0v) is 19.2. The van der Waals surface area contributed by atoms with Crippen LogP contribution in [-0.4, -0.2) is 64.7 Å². The summed E-state index contributed by atoms with van der Waals surface area (Å²) < 4.78 is 18.4. The number of ether oxygens (including phenoxy) is 3. The fourth-order valence-corrected chi connectivity index (χ4v) is 5.61. The van der Waals surface area contributed by atoms with Gasteiger partial charge in [-0.1, -0.05) is 30.3 Å². The maximum absolute atomic E-state index is 9.23. The van der Waals surface area contributed by atoms with Gasteiger partial charge in [0.25, 0.3) is 0 Å². The lowest BCUT2D eigenvalue weighted by atomic mass is 9.83. The van der Waals surface area contributed by atoms with Crippen molar-refractivity contribution in [3.05, 3.63) is 10.8 Å². The van der Waals surface area contributed by atoms with Gasteiger partial charge in [-0.25, -0.2) is 9.97 Å². The average molecular weight is 457 g/mol. The van der Waals surface area contributed by atoms with Crippen molar-refractivity contribution in [2.75, 3.05) is 25.5 Å². The van der Waals surface area contributed by atoms with Crippen molar-refractivity contribution < 1.29 is 19.3 Å². The number of aromatic nitrogens is 2. The molecule has 2 aliphatic heterocycles. The maximum Gasteiger partial charge on any atom is 0.189 e. The highest BCUT2D eigenvalue weighted by Crippen LogP contribution is 2.51. The van der Waals surface area contributed by atoms with E-state index in [0.717, 1.165) is 30.7 Å². The highest BCUT2D eigenvalue weighted by Gasteiger charge is 2.56. The Morgan fingerprint density at radius 2 is 2.07 bits per heavy atom. The van der Waals surface area contributed by atoms with Gasteiger partial charge in [-0.15, -0.1) is 0 Å². The number of aliphatic hydroxyl groups excluding tert-OH is 1. The SMILES string of the molecule is CCCSc1nc(Cl)c2c(n1)C([C@@H]1C[C@H](OCCO)[C@H]3OC(C)(C)O[C@H]31)CCN=N2. The van der Waals surface area contributed by atoms with Crippen molar-refractivity contribution in [3.63, 3.8) is 0 Å². The van der Waals surface area contributed by atoms with Gasteiger partial charge in [-0.2, -0.15) is 10.2 Å². The van der Waals surface area contributed by atoms with Crippen molar-refractivity contribution in [3.8, 4) is 0 Å². The molecule has 1 unspecified atom stereocenters. The van der Waals surface area contributed by atoms with Crippen LogP contribution in [0.3, 0.4) is 0 Å². The van der Waals surface area contributed by atoms with E-state index in [1.54, 1.807) is 11.8 Å². The van der Waals surface area contributed by atoms with Crippen LogP contribution < -0.4 is 0 Å². The number of fused-ring (bicyclic) bond motifs is 2. The molecule has 0 spiro atoms. The monoisotopic (exact) mass is 456 g/mol. The molecule has 0 amide bonds. The van der Waals surface area contributed by atoms with Gasteiger partial charge in [0.1, 0.15) is 11.8 Å². The first kappa shape index (κ1) is 22.4. The summed E-state index contributed by atoms with van der Waals surface area (Å²) in [5, 5.41) is 18.9. The van der Waals surface area contributed by atoms with Crippen LogP contribution in [0.1, 0.15) is 51.6 Å². The highest BCUT2D eigenvalue weighted by atomic mass is 35.5. The Morgan fingerprint density at radius 1 is 1.27 bits per heavy atom. The first-order valence-electron chi connectivity index (χ1n) is 10.6. The molecule has 166 valence electrons. The predicted octanol–water partition coefficient (Wildman–Crippen LogP) is 4.12. The number of nitrogens with zero attached hydrogens (tertiary/aromatic N) is 4. The Hall–Kier alpha value is -0.840. The lowest BCUT2D eigenvalue weighted by Crippen LogP contribution is -2.31. The molecule has 4 rings (SSSR count). The fourth-order valence-electron chi connectivity index (χ4n) is 4.64. The summed E-state index contributed by atoms with van der Waals surface area (Å²) in [5.41, 5.74) is 1.41. The average Bonchev–Trinajstić information content (AvgIpc) is 3.08. The van der Waals surface area contributed by atoms with Gasteiger partial charge in [-0.05, 0) is 39.0 Å². The molecule has 3 aliphatic rings. The van der Waals surface area contributed by atoms with Crippen LogP contribution in [0, 0.1) is 5.92 Å². The number of halogens is 1. The zero-order valence-electron chi connectivity index (χ0n) is 17.6. The van der Waals surface area contributed by atoms with E-state index in [2.05, 4.69) is 22.1 Å². The standard InChI is InChI=1S/C20H29ClN4O4S/c1-4-9-30-19-23-14-11(5-6-22-25-15(14)18(21)24-19)12-10-13(27-8-7-26)17-16(12)28-20(2,3)29-17/h11-13,16-17,26H,4-10H2,1-3H3/t11?,12-,13-,16-,17+/m0/s1. The molecule has 2 fully saturated rings. The molecule has 10 heteroatoms. The molecule has 0 bridgehead atoms. The van der Waals surface area contributed by atoms with Crippen LogP contribution in [0.4, 0.5) is 5.69 Å². The van der Waals surface area contributed by atoms with Gasteiger partial charge >= 0.3 is 0 Å². The molecule has 8 nitrogen and oxygen atoms in total. The first-order chi connectivity index (χ1) is 14.4. The molecule has 1 saturated heterocycles. The molecule has 1 aromatic rings. The predicted molar refractivity (Wildman–Crippen MR) is 114 cm³/mol. The first-order valence-corrected chi connectivity index (χ1v) is 12.0. The van der Waals surface area contributed by atoms with E-state index >= 15 is 0 Å². The molecular weight excluding hydrogens is 428 g/mol. The molecule has 0 aromatic carbocycles. The normalized spacial score (nSPS) is 32.1. The summed E-state index contributed by atoms with van der Waals surface area (Å²) in [7, 11) is 0. The van der Waals surface area contributed by atoms with E-state index in [9.17, 15) is 5.11 Å². The number of aliphatic hydroxyl groups is 1. The Morgan fingerprint density at radius 3 is 2.83 bits per heavy atom. The van der Waals surface area contributed by atoms with Gasteiger partial charge in [0.05, 0.1) is 37.7 Å². The molecule has 0 radical (unpaired) electrons. The Labute approximate surface area is 186 Å². The van der Waals surface area contributed by atoms with Gasteiger partial charge in [0, 0.05) is 11.7 Å². The zero-order chi connectivity index (χ0) is 21.3. The topological polar surface area (TPSA) is 98.4 Å². The minimum absolute atomic E-state index is 0.0202. The Kier molecular flexibility index (Phi) is 6.96. The van der Waals surface area contributed by atoms with E-state index in [-0.39, 0.29) is 43.4 Å². The van der Waals surface area contributed by atoms with Crippen molar-refractivity contribution in [2.45, 2.75) is 75.2 Å². The van der Waals surface area contributed by atoms with E-state index in [0.29, 0.717) is 22.5 Å². The van der Waals surface area contributed by atoms with Gasteiger partial charge in [0.15, 0.2) is 16.1 Å². The molecule has 1 N–H and O–H groups in total. The Balaban J connectivity index is 1.67. The molecule has 1 aromatic heterocycles. The van der Waals surface area contributed by atoms with Crippen LogP contribution in [0.15, 0.2) is 15.4 Å². The van der Waals surface area contributed by atoms with Gasteiger partial charge < -0.3 is 19.3 Å². The molecule has 30 heavy (non-hydrogen) atoms. The number of rotatable bonds is 7. The van der Waals surface area contributed by atoms with Gasteiger partial charge in [-0.3, -0.25) is 0 Å². The summed E-state index contributed by atoms with van der Waals surface area (Å²) in [5.74, 6) is 0.433. The summed E-state index contributed by atoms with van der Waals surface area (Å²) in [6.07, 6.45) is 2.15. The van der Waals surface area contributed by atoms with E-state index < -0.39 is 5.79 Å². The third kappa shape index (κ3) is 4.52. The largest absolute Gasteiger partial charge is 0.394 e. The van der Waals surface area contributed by atoms with Crippen LogP contribution in [-0.2, 0) is 14.2 Å². The number of hydrogen-bond donors (Lipinski definition) is 1. The minimum Gasteiger partial charge on any atom is -0.394 e. The van der Waals surface area contributed by atoms with E-state index in [1.807, 2.05) is 13.8 Å². The number of hydrogen-bond acceptors (Lipinski definition) is 9. The maximum atomic E-state index is 9.23. The number of azo groups is 1.